The highest BCUT2D eigenvalue weighted by Gasteiger charge is 2.10. The highest BCUT2D eigenvalue weighted by Crippen LogP contribution is 2.07. The zero-order valence-electron chi connectivity index (χ0n) is 10.7. The minimum Gasteiger partial charge on any atom is -0.444 e. The van der Waals surface area contributed by atoms with E-state index >= 15 is 0 Å². The minimum atomic E-state index is -0.144. The van der Waals surface area contributed by atoms with Crippen LogP contribution in [0.4, 0.5) is 0 Å². The molecule has 98 valence electrons. The molecule has 3 aromatic heterocycles. The summed E-state index contributed by atoms with van der Waals surface area (Å²) in [7, 11) is 1.75. The van der Waals surface area contributed by atoms with Crippen LogP contribution in [0.2, 0.25) is 0 Å². The molecule has 0 saturated heterocycles. The molecule has 0 atom stereocenters. The average molecular weight is 259 g/mol. The standard InChI is InChI=1S/C12H13N5O2/c1-3-8-4-13-10(19-8)6-17-7-14-11-9(12(17)18)5-15-16(11)2/h4-5,7H,3,6H2,1-2H3. The quantitative estimate of drug-likeness (QED) is 0.692. The lowest BCUT2D eigenvalue weighted by molar-refractivity contribution is 0.443. The number of nitrogens with zero attached hydrogens (tertiary/aromatic N) is 5. The summed E-state index contributed by atoms with van der Waals surface area (Å²) in [6, 6.07) is 0. The van der Waals surface area contributed by atoms with Gasteiger partial charge in [-0.1, -0.05) is 6.92 Å². The van der Waals surface area contributed by atoms with Crippen LogP contribution in [0.25, 0.3) is 11.0 Å². The lowest BCUT2D eigenvalue weighted by Gasteiger charge is -2.02. The predicted molar refractivity (Wildman–Crippen MR) is 67.8 cm³/mol. The SMILES string of the molecule is CCc1cnc(Cn2cnc3c(cnn3C)c2=O)o1. The van der Waals surface area contributed by atoms with Gasteiger partial charge < -0.3 is 4.42 Å². The minimum absolute atomic E-state index is 0.144. The van der Waals surface area contributed by atoms with Crippen molar-refractivity contribution < 1.29 is 4.42 Å². The van der Waals surface area contributed by atoms with Gasteiger partial charge in [-0.15, -0.1) is 0 Å². The van der Waals surface area contributed by atoms with Gasteiger partial charge in [0.25, 0.3) is 5.56 Å². The normalized spacial score (nSPS) is 11.3. The molecule has 3 aromatic rings. The molecule has 0 fully saturated rings. The molecule has 0 aromatic carbocycles. The van der Waals surface area contributed by atoms with Crippen molar-refractivity contribution >= 4 is 11.0 Å². The molecule has 0 amide bonds. The molecule has 7 nitrogen and oxygen atoms in total. The lowest BCUT2D eigenvalue weighted by Crippen LogP contribution is -2.21. The Morgan fingerprint density at radius 3 is 2.89 bits per heavy atom. The molecule has 0 saturated carbocycles. The first-order valence-electron chi connectivity index (χ1n) is 5.99. The lowest BCUT2D eigenvalue weighted by atomic mass is 10.4. The van der Waals surface area contributed by atoms with Crippen LogP contribution in [0.1, 0.15) is 18.6 Å². The third kappa shape index (κ3) is 1.92. The number of oxazole rings is 1. The Bertz CT molecular complexity index is 783. The first kappa shape index (κ1) is 11.6. The van der Waals surface area contributed by atoms with Crippen LogP contribution in [0.15, 0.2) is 27.9 Å². The van der Waals surface area contributed by atoms with Crippen LogP contribution in [0.5, 0.6) is 0 Å². The maximum Gasteiger partial charge on any atom is 0.264 e. The van der Waals surface area contributed by atoms with Crippen molar-refractivity contribution in [2.24, 2.45) is 7.05 Å². The summed E-state index contributed by atoms with van der Waals surface area (Å²) in [6.07, 6.45) is 5.47. The largest absolute Gasteiger partial charge is 0.444 e. The third-order valence-electron chi connectivity index (χ3n) is 2.97. The molecule has 0 aliphatic heterocycles. The number of rotatable bonds is 3. The summed E-state index contributed by atoms with van der Waals surface area (Å²) in [5.74, 6) is 1.31. The summed E-state index contributed by atoms with van der Waals surface area (Å²) in [6.45, 7) is 2.26. The maximum absolute atomic E-state index is 12.2. The number of hydrogen-bond acceptors (Lipinski definition) is 5. The molecule has 3 rings (SSSR count). The first-order valence-corrected chi connectivity index (χ1v) is 5.99. The van der Waals surface area contributed by atoms with Gasteiger partial charge in [0.2, 0.25) is 5.89 Å². The van der Waals surface area contributed by atoms with Gasteiger partial charge in [-0.2, -0.15) is 5.10 Å². The van der Waals surface area contributed by atoms with E-state index in [0.717, 1.165) is 12.2 Å². The number of aryl methyl sites for hydroxylation is 2. The Hall–Kier alpha value is -2.44. The molecule has 0 spiro atoms. The highest BCUT2D eigenvalue weighted by atomic mass is 16.4. The maximum atomic E-state index is 12.2. The van der Waals surface area contributed by atoms with Crippen molar-refractivity contribution in [1.29, 1.82) is 0 Å². The Morgan fingerprint density at radius 2 is 2.16 bits per heavy atom. The third-order valence-corrected chi connectivity index (χ3v) is 2.97. The fraction of sp³-hybridized carbons (Fsp3) is 0.333. The summed E-state index contributed by atoms with van der Waals surface area (Å²) >= 11 is 0. The fourth-order valence-electron chi connectivity index (χ4n) is 1.91. The van der Waals surface area contributed by atoms with Gasteiger partial charge in [-0.25, -0.2) is 9.97 Å². The summed E-state index contributed by atoms with van der Waals surface area (Å²) in [5, 5.41) is 4.52. The first-order chi connectivity index (χ1) is 9.19. The molecule has 0 unspecified atom stereocenters. The molecule has 0 N–H and O–H groups in total. The van der Waals surface area contributed by atoms with E-state index in [9.17, 15) is 4.79 Å². The molecule has 3 heterocycles. The zero-order chi connectivity index (χ0) is 13.4. The monoisotopic (exact) mass is 259 g/mol. The topological polar surface area (TPSA) is 78.7 Å². The van der Waals surface area contributed by atoms with Gasteiger partial charge in [0.1, 0.15) is 24.0 Å². The van der Waals surface area contributed by atoms with Gasteiger partial charge >= 0.3 is 0 Å². The van der Waals surface area contributed by atoms with Crippen LogP contribution in [-0.2, 0) is 20.0 Å². The van der Waals surface area contributed by atoms with Crippen LogP contribution in [0, 0.1) is 0 Å². The van der Waals surface area contributed by atoms with Gasteiger partial charge in [0.05, 0.1) is 12.4 Å². The number of fused-ring (bicyclic) bond motifs is 1. The van der Waals surface area contributed by atoms with Crippen molar-refractivity contribution in [3.05, 3.63) is 40.7 Å². The average Bonchev–Trinajstić information content (AvgIpc) is 3.00. The van der Waals surface area contributed by atoms with Crippen molar-refractivity contribution in [1.82, 2.24) is 24.3 Å². The summed E-state index contributed by atoms with van der Waals surface area (Å²) in [4.78, 5) is 20.6. The number of hydrogen-bond donors (Lipinski definition) is 0. The van der Waals surface area contributed by atoms with Crippen LogP contribution >= 0.6 is 0 Å². The van der Waals surface area contributed by atoms with Crippen molar-refractivity contribution in [3.8, 4) is 0 Å². The van der Waals surface area contributed by atoms with Crippen molar-refractivity contribution in [2.45, 2.75) is 19.9 Å². The van der Waals surface area contributed by atoms with Crippen molar-refractivity contribution in [3.63, 3.8) is 0 Å². The van der Waals surface area contributed by atoms with Crippen LogP contribution in [0.3, 0.4) is 0 Å². The molecule has 0 radical (unpaired) electrons. The predicted octanol–water partition coefficient (Wildman–Crippen LogP) is 0.729. The van der Waals surface area contributed by atoms with Crippen LogP contribution < -0.4 is 5.56 Å². The second-order valence-electron chi connectivity index (χ2n) is 4.26. The second-order valence-corrected chi connectivity index (χ2v) is 4.26. The molecule has 0 bridgehead atoms. The number of aromatic nitrogens is 5. The molecule has 19 heavy (non-hydrogen) atoms. The van der Waals surface area contributed by atoms with E-state index in [1.165, 1.54) is 17.1 Å². The van der Waals surface area contributed by atoms with Gasteiger partial charge in [0, 0.05) is 13.5 Å². The van der Waals surface area contributed by atoms with E-state index in [1.54, 1.807) is 17.9 Å². The zero-order valence-corrected chi connectivity index (χ0v) is 10.7. The van der Waals surface area contributed by atoms with Crippen molar-refractivity contribution in [2.75, 3.05) is 0 Å². The molecular formula is C12H13N5O2. The second kappa shape index (κ2) is 4.34. The van der Waals surface area contributed by atoms with E-state index in [2.05, 4.69) is 15.1 Å². The molecular weight excluding hydrogens is 246 g/mol. The molecule has 7 heteroatoms. The smallest absolute Gasteiger partial charge is 0.264 e. The Labute approximate surface area is 108 Å². The Balaban J connectivity index is 2.01. The Morgan fingerprint density at radius 1 is 1.32 bits per heavy atom. The van der Waals surface area contributed by atoms with E-state index in [0.29, 0.717) is 16.9 Å². The fourth-order valence-corrected chi connectivity index (χ4v) is 1.91. The van der Waals surface area contributed by atoms with E-state index in [1.807, 2.05) is 6.92 Å². The van der Waals surface area contributed by atoms with Crippen LogP contribution in [-0.4, -0.2) is 24.3 Å². The van der Waals surface area contributed by atoms with Gasteiger partial charge in [-0.05, 0) is 0 Å². The highest BCUT2D eigenvalue weighted by molar-refractivity contribution is 5.72. The molecule has 0 aliphatic carbocycles. The summed E-state index contributed by atoms with van der Waals surface area (Å²) in [5.41, 5.74) is 0.428. The van der Waals surface area contributed by atoms with E-state index in [4.69, 9.17) is 4.42 Å². The summed E-state index contributed by atoms with van der Waals surface area (Å²) < 4.78 is 8.53. The van der Waals surface area contributed by atoms with Gasteiger partial charge in [0.15, 0.2) is 5.65 Å². The van der Waals surface area contributed by atoms with Gasteiger partial charge in [-0.3, -0.25) is 14.0 Å². The van der Waals surface area contributed by atoms with E-state index < -0.39 is 0 Å². The molecule has 0 aliphatic rings. The Kier molecular flexibility index (Phi) is 2.66. The van der Waals surface area contributed by atoms with E-state index in [-0.39, 0.29) is 12.1 Å².